The normalized spacial score (nSPS) is 10.3. The SMILES string of the molecule is O=C(Cc1ccccc1Cl)Nc1ccc(Cl)cc1I. The predicted octanol–water partition coefficient (Wildman–Crippen LogP) is 4.78. The topological polar surface area (TPSA) is 29.1 Å². The van der Waals surface area contributed by atoms with Gasteiger partial charge in [0.1, 0.15) is 0 Å². The standard InChI is InChI=1S/C14H10Cl2INO/c15-10-5-6-13(12(17)8-10)18-14(19)7-9-3-1-2-4-11(9)16/h1-6,8H,7H2,(H,18,19). The van der Waals surface area contributed by atoms with Crippen molar-refractivity contribution in [3.8, 4) is 0 Å². The lowest BCUT2D eigenvalue weighted by molar-refractivity contribution is -0.115. The number of anilines is 1. The molecule has 0 aliphatic rings. The third-order valence-electron chi connectivity index (χ3n) is 2.51. The molecule has 0 saturated heterocycles. The van der Waals surface area contributed by atoms with Crippen LogP contribution >= 0.6 is 45.8 Å². The lowest BCUT2D eigenvalue weighted by Crippen LogP contribution is -2.15. The number of nitrogens with one attached hydrogen (secondary N) is 1. The summed E-state index contributed by atoms with van der Waals surface area (Å²) in [4.78, 5) is 12.0. The van der Waals surface area contributed by atoms with Gasteiger partial charge in [-0.3, -0.25) is 4.79 Å². The van der Waals surface area contributed by atoms with Gasteiger partial charge in [0.2, 0.25) is 5.91 Å². The zero-order valence-electron chi connectivity index (χ0n) is 9.79. The first-order valence-electron chi connectivity index (χ1n) is 5.54. The van der Waals surface area contributed by atoms with Gasteiger partial charge in [-0.25, -0.2) is 0 Å². The predicted molar refractivity (Wildman–Crippen MR) is 88.0 cm³/mol. The molecule has 0 atom stereocenters. The quantitative estimate of drug-likeness (QED) is 0.731. The smallest absolute Gasteiger partial charge is 0.228 e. The Morgan fingerprint density at radius 3 is 2.58 bits per heavy atom. The van der Waals surface area contributed by atoms with Crippen molar-refractivity contribution in [3.05, 3.63) is 61.6 Å². The maximum absolute atomic E-state index is 12.0. The molecule has 1 amide bonds. The van der Waals surface area contributed by atoms with Gasteiger partial charge in [-0.15, -0.1) is 0 Å². The molecule has 5 heteroatoms. The first-order valence-corrected chi connectivity index (χ1v) is 7.38. The third-order valence-corrected chi connectivity index (χ3v) is 4.01. The number of benzene rings is 2. The summed E-state index contributed by atoms with van der Waals surface area (Å²) in [6, 6.07) is 12.6. The van der Waals surface area contributed by atoms with Crippen molar-refractivity contribution in [2.24, 2.45) is 0 Å². The molecule has 2 aromatic carbocycles. The van der Waals surface area contributed by atoms with Crippen LogP contribution in [0, 0.1) is 3.57 Å². The van der Waals surface area contributed by atoms with E-state index in [-0.39, 0.29) is 12.3 Å². The van der Waals surface area contributed by atoms with E-state index >= 15 is 0 Å². The highest BCUT2D eigenvalue weighted by Crippen LogP contribution is 2.23. The molecule has 0 spiro atoms. The molecule has 2 rings (SSSR count). The fourth-order valence-corrected chi connectivity index (χ4v) is 2.81. The van der Waals surface area contributed by atoms with Crippen LogP contribution in [0.1, 0.15) is 5.56 Å². The van der Waals surface area contributed by atoms with Gasteiger partial charge >= 0.3 is 0 Å². The monoisotopic (exact) mass is 405 g/mol. The number of rotatable bonds is 3. The van der Waals surface area contributed by atoms with E-state index < -0.39 is 0 Å². The average molecular weight is 406 g/mol. The second kappa shape index (κ2) is 6.59. The van der Waals surface area contributed by atoms with Gasteiger partial charge in [-0.05, 0) is 52.4 Å². The summed E-state index contributed by atoms with van der Waals surface area (Å²) in [5.41, 5.74) is 1.56. The van der Waals surface area contributed by atoms with E-state index in [1.165, 1.54) is 0 Å². The largest absolute Gasteiger partial charge is 0.325 e. The van der Waals surface area contributed by atoms with Crippen LogP contribution in [0.15, 0.2) is 42.5 Å². The summed E-state index contributed by atoms with van der Waals surface area (Å²) in [6.07, 6.45) is 0.248. The molecular formula is C14H10Cl2INO. The Balaban J connectivity index is 2.08. The van der Waals surface area contributed by atoms with Crippen LogP contribution in [0.2, 0.25) is 10.0 Å². The zero-order valence-corrected chi connectivity index (χ0v) is 13.5. The Hall–Kier alpha value is -0.780. The highest BCUT2D eigenvalue weighted by atomic mass is 127. The molecule has 98 valence electrons. The maximum Gasteiger partial charge on any atom is 0.228 e. The van der Waals surface area contributed by atoms with E-state index in [0.29, 0.717) is 10.0 Å². The van der Waals surface area contributed by atoms with Crippen molar-refractivity contribution in [3.63, 3.8) is 0 Å². The maximum atomic E-state index is 12.0. The third kappa shape index (κ3) is 4.09. The van der Waals surface area contributed by atoms with E-state index in [9.17, 15) is 4.79 Å². The summed E-state index contributed by atoms with van der Waals surface area (Å²) >= 11 is 14.0. The summed E-state index contributed by atoms with van der Waals surface area (Å²) < 4.78 is 0.901. The van der Waals surface area contributed by atoms with Crippen molar-refractivity contribution < 1.29 is 4.79 Å². The van der Waals surface area contributed by atoms with Crippen molar-refractivity contribution in [2.75, 3.05) is 5.32 Å². The Morgan fingerprint density at radius 2 is 1.89 bits per heavy atom. The molecule has 0 heterocycles. The van der Waals surface area contributed by atoms with Crippen LogP contribution in [-0.2, 0) is 11.2 Å². The molecule has 2 nitrogen and oxygen atoms in total. The first-order chi connectivity index (χ1) is 9.06. The van der Waals surface area contributed by atoms with Crippen LogP contribution in [0.25, 0.3) is 0 Å². The fraction of sp³-hybridized carbons (Fsp3) is 0.0714. The molecular weight excluding hydrogens is 396 g/mol. The van der Waals surface area contributed by atoms with E-state index in [1.54, 1.807) is 24.3 Å². The Bertz CT molecular complexity index is 616. The molecule has 0 bridgehead atoms. The van der Waals surface area contributed by atoms with Crippen LogP contribution in [0.5, 0.6) is 0 Å². The van der Waals surface area contributed by atoms with Gasteiger partial charge in [-0.1, -0.05) is 41.4 Å². The molecule has 0 unspecified atom stereocenters. The zero-order chi connectivity index (χ0) is 13.8. The number of hydrogen-bond acceptors (Lipinski definition) is 1. The number of carbonyl (C=O) groups is 1. The van der Waals surface area contributed by atoms with E-state index in [1.807, 2.05) is 18.2 Å². The van der Waals surface area contributed by atoms with Crippen molar-refractivity contribution in [1.82, 2.24) is 0 Å². The van der Waals surface area contributed by atoms with Crippen LogP contribution < -0.4 is 5.32 Å². The van der Waals surface area contributed by atoms with Crippen LogP contribution in [0.3, 0.4) is 0 Å². The lowest BCUT2D eigenvalue weighted by Gasteiger charge is -2.08. The lowest BCUT2D eigenvalue weighted by atomic mass is 10.1. The second-order valence-electron chi connectivity index (χ2n) is 3.94. The molecule has 0 saturated carbocycles. The molecule has 19 heavy (non-hydrogen) atoms. The van der Waals surface area contributed by atoms with Crippen molar-refractivity contribution in [2.45, 2.75) is 6.42 Å². The van der Waals surface area contributed by atoms with Crippen LogP contribution in [0.4, 0.5) is 5.69 Å². The van der Waals surface area contributed by atoms with Gasteiger partial charge < -0.3 is 5.32 Å². The molecule has 0 aromatic heterocycles. The highest BCUT2D eigenvalue weighted by Gasteiger charge is 2.09. The summed E-state index contributed by atoms with van der Waals surface area (Å²) in [7, 11) is 0. The van der Waals surface area contributed by atoms with Gasteiger partial charge in [0.05, 0.1) is 12.1 Å². The second-order valence-corrected chi connectivity index (χ2v) is 5.95. The minimum Gasteiger partial charge on any atom is -0.325 e. The Morgan fingerprint density at radius 1 is 1.16 bits per heavy atom. The molecule has 0 radical (unpaired) electrons. The fourth-order valence-electron chi connectivity index (χ4n) is 1.60. The summed E-state index contributed by atoms with van der Waals surface area (Å²) in [5.74, 6) is -0.103. The number of hydrogen-bond donors (Lipinski definition) is 1. The highest BCUT2D eigenvalue weighted by molar-refractivity contribution is 14.1. The Kier molecular flexibility index (Phi) is 5.07. The number of amides is 1. The number of carbonyl (C=O) groups excluding carboxylic acids is 1. The van der Waals surface area contributed by atoms with Gasteiger partial charge in [0.15, 0.2) is 0 Å². The summed E-state index contributed by atoms with van der Waals surface area (Å²) in [6.45, 7) is 0. The van der Waals surface area contributed by atoms with Crippen molar-refractivity contribution in [1.29, 1.82) is 0 Å². The minimum atomic E-state index is -0.103. The summed E-state index contributed by atoms with van der Waals surface area (Å²) in [5, 5.41) is 4.10. The van der Waals surface area contributed by atoms with E-state index in [4.69, 9.17) is 23.2 Å². The average Bonchev–Trinajstić information content (AvgIpc) is 2.36. The van der Waals surface area contributed by atoms with Crippen molar-refractivity contribution >= 4 is 57.4 Å². The van der Waals surface area contributed by atoms with E-state index in [2.05, 4.69) is 27.9 Å². The number of halogens is 3. The van der Waals surface area contributed by atoms with Gasteiger partial charge in [0.25, 0.3) is 0 Å². The van der Waals surface area contributed by atoms with Gasteiger partial charge in [0, 0.05) is 13.6 Å². The molecule has 0 aliphatic carbocycles. The Labute approximate surface area is 135 Å². The molecule has 2 aromatic rings. The molecule has 0 fully saturated rings. The van der Waals surface area contributed by atoms with Crippen LogP contribution in [-0.4, -0.2) is 5.91 Å². The first kappa shape index (κ1) is 14.6. The minimum absolute atomic E-state index is 0.103. The molecule has 1 N–H and O–H groups in total. The molecule has 0 aliphatic heterocycles. The van der Waals surface area contributed by atoms with Gasteiger partial charge in [-0.2, -0.15) is 0 Å². The van der Waals surface area contributed by atoms with E-state index in [0.717, 1.165) is 14.8 Å².